The van der Waals surface area contributed by atoms with Gasteiger partial charge in [-0.05, 0) is 30.3 Å². The number of hydrazine groups is 1. The molecule has 0 fully saturated rings. The fourth-order valence-electron chi connectivity index (χ4n) is 1.53. The average Bonchev–Trinajstić information content (AvgIpc) is 2.51. The van der Waals surface area contributed by atoms with Crippen molar-refractivity contribution in [3.8, 4) is 5.75 Å². The predicted octanol–water partition coefficient (Wildman–Crippen LogP) is 2.18. The predicted molar refractivity (Wildman–Crippen MR) is 79.0 cm³/mol. The van der Waals surface area contributed by atoms with E-state index in [0.717, 1.165) is 0 Å². The lowest BCUT2D eigenvalue weighted by molar-refractivity contribution is -0.123. The minimum atomic E-state index is -0.464. The van der Waals surface area contributed by atoms with Gasteiger partial charge in [0.25, 0.3) is 11.8 Å². The lowest BCUT2D eigenvalue weighted by Crippen LogP contribution is -2.43. The molecule has 0 saturated heterocycles. The second-order valence-electron chi connectivity index (χ2n) is 4.11. The third-order valence-electron chi connectivity index (χ3n) is 2.52. The summed E-state index contributed by atoms with van der Waals surface area (Å²) in [5, 5.41) is 0.446. The Morgan fingerprint density at radius 2 is 1.76 bits per heavy atom. The molecule has 21 heavy (non-hydrogen) atoms. The highest BCUT2D eigenvalue weighted by atomic mass is 35.5. The van der Waals surface area contributed by atoms with Gasteiger partial charge in [-0.3, -0.25) is 20.4 Å². The summed E-state index contributed by atoms with van der Waals surface area (Å²) in [5.41, 5.74) is 4.90. The summed E-state index contributed by atoms with van der Waals surface area (Å²) >= 11 is 5.78. The van der Waals surface area contributed by atoms with Crippen LogP contribution in [0, 0.1) is 0 Å². The van der Waals surface area contributed by atoms with Gasteiger partial charge in [-0.15, -0.1) is 0 Å². The van der Waals surface area contributed by atoms with Gasteiger partial charge in [0.1, 0.15) is 5.75 Å². The first-order valence-corrected chi connectivity index (χ1v) is 6.55. The fraction of sp³-hybridized carbons (Fsp3) is 0.0667. The van der Waals surface area contributed by atoms with Crippen LogP contribution in [-0.4, -0.2) is 18.4 Å². The lowest BCUT2D eigenvalue weighted by atomic mass is 10.2. The molecule has 0 aliphatic heterocycles. The number of para-hydroxylation sites is 1. The Hall–Kier alpha value is -2.53. The van der Waals surface area contributed by atoms with E-state index < -0.39 is 11.8 Å². The number of amides is 2. The summed E-state index contributed by atoms with van der Waals surface area (Å²) in [6.07, 6.45) is 0. The summed E-state index contributed by atoms with van der Waals surface area (Å²) in [5.74, 6) is -0.339. The van der Waals surface area contributed by atoms with E-state index in [0.29, 0.717) is 16.3 Å². The van der Waals surface area contributed by atoms with E-state index in [1.807, 2.05) is 6.07 Å². The van der Waals surface area contributed by atoms with Gasteiger partial charge in [0.05, 0.1) is 0 Å². The number of carbonyl (C=O) groups excluding carboxylic acids is 2. The van der Waals surface area contributed by atoms with E-state index >= 15 is 0 Å². The van der Waals surface area contributed by atoms with Crippen LogP contribution in [0.15, 0.2) is 54.6 Å². The molecule has 6 heteroatoms. The summed E-state index contributed by atoms with van der Waals surface area (Å²) in [6, 6.07) is 15.3. The molecule has 0 radical (unpaired) electrons. The maximum Gasteiger partial charge on any atom is 0.276 e. The number of halogens is 1. The van der Waals surface area contributed by atoms with Crippen molar-refractivity contribution < 1.29 is 14.3 Å². The van der Waals surface area contributed by atoms with E-state index in [2.05, 4.69) is 10.9 Å². The largest absolute Gasteiger partial charge is 0.484 e. The van der Waals surface area contributed by atoms with Gasteiger partial charge in [0.2, 0.25) is 0 Å². The Morgan fingerprint density at radius 1 is 1.00 bits per heavy atom. The number of nitrogens with one attached hydrogen (secondary N) is 2. The molecular weight excluding hydrogens is 292 g/mol. The van der Waals surface area contributed by atoms with E-state index in [9.17, 15) is 9.59 Å². The van der Waals surface area contributed by atoms with Gasteiger partial charge in [-0.2, -0.15) is 0 Å². The second kappa shape index (κ2) is 7.31. The van der Waals surface area contributed by atoms with Crippen LogP contribution in [-0.2, 0) is 4.79 Å². The summed E-state index contributed by atoms with van der Waals surface area (Å²) in [6.45, 7) is -0.195. The molecular formula is C15H13ClN2O3. The number of ether oxygens (including phenoxy) is 1. The zero-order valence-electron chi connectivity index (χ0n) is 11.0. The quantitative estimate of drug-likeness (QED) is 0.851. The van der Waals surface area contributed by atoms with Crippen LogP contribution < -0.4 is 15.6 Å². The van der Waals surface area contributed by atoms with Crippen LogP contribution in [0.1, 0.15) is 10.4 Å². The van der Waals surface area contributed by atoms with E-state index in [4.69, 9.17) is 16.3 Å². The van der Waals surface area contributed by atoms with Crippen LogP contribution in [0.5, 0.6) is 5.75 Å². The Morgan fingerprint density at radius 3 is 2.48 bits per heavy atom. The smallest absolute Gasteiger partial charge is 0.276 e. The first-order chi connectivity index (χ1) is 10.1. The van der Waals surface area contributed by atoms with Gasteiger partial charge >= 0.3 is 0 Å². The third-order valence-corrected chi connectivity index (χ3v) is 2.75. The Balaban J connectivity index is 1.77. The molecule has 0 aliphatic rings. The molecule has 0 aromatic heterocycles. The highest BCUT2D eigenvalue weighted by Crippen LogP contribution is 2.10. The SMILES string of the molecule is O=C(COc1ccccc1)NNC(=O)c1cccc(Cl)c1. The summed E-state index contributed by atoms with van der Waals surface area (Å²) < 4.78 is 5.24. The molecule has 108 valence electrons. The minimum Gasteiger partial charge on any atom is -0.484 e. The standard InChI is InChI=1S/C15H13ClN2O3/c16-12-6-4-5-11(9-12)15(20)18-17-14(19)10-21-13-7-2-1-3-8-13/h1-9H,10H2,(H,17,19)(H,18,20). The van der Waals surface area contributed by atoms with Crippen LogP contribution >= 0.6 is 11.6 Å². The summed E-state index contributed by atoms with van der Waals surface area (Å²) in [4.78, 5) is 23.3. The minimum absolute atomic E-state index is 0.195. The van der Waals surface area contributed by atoms with Crippen LogP contribution in [0.3, 0.4) is 0 Å². The Kier molecular flexibility index (Phi) is 5.17. The van der Waals surface area contributed by atoms with Crippen molar-refractivity contribution >= 4 is 23.4 Å². The topological polar surface area (TPSA) is 67.4 Å². The molecule has 2 N–H and O–H groups in total. The molecule has 0 unspecified atom stereocenters. The molecule has 0 aliphatic carbocycles. The van der Waals surface area contributed by atoms with Gasteiger partial charge in [0, 0.05) is 10.6 Å². The molecule has 2 amide bonds. The number of hydrogen-bond donors (Lipinski definition) is 2. The van der Waals surface area contributed by atoms with Gasteiger partial charge in [-0.25, -0.2) is 0 Å². The highest BCUT2D eigenvalue weighted by Gasteiger charge is 2.08. The maximum absolute atomic E-state index is 11.8. The zero-order chi connectivity index (χ0) is 15.1. The van der Waals surface area contributed by atoms with Crippen LogP contribution in [0.25, 0.3) is 0 Å². The molecule has 5 nitrogen and oxygen atoms in total. The molecule has 0 saturated carbocycles. The van der Waals surface area contributed by atoms with Crippen LogP contribution in [0.4, 0.5) is 0 Å². The lowest BCUT2D eigenvalue weighted by Gasteiger charge is -2.08. The Bertz CT molecular complexity index is 632. The molecule has 0 bridgehead atoms. The molecule has 2 aromatic rings. The second-order valence-corrected chi connectivity index (χ2v) is 4.55. The van der Waals surface area contributed by atoms with Gasteiger partial charge < -0.3 is 4.74 Å². The highest BCUT2D eigenvalue weighted by molar-refractivity contribution is 6.30. The Labute approximate surface area is 126 Å². The third kappa shape index (κ3) is 4.81. The number of rotatable bonds is 4. The van der Waals surface area contributed by atoms with Crippen molar-refractivity contribution in [2.45, 2.75) is 0 Å². The van der Waals surface area contributed by atoms with Crippen molar-refractivity contribution in [3.05, 3.63) is 65.2 Å². The van der Waals surface area contributed by atoms with Gasteiger partial charge in [-0.1, -0.05) is 35.9 Å². The van der Waals surface area contributed by atoms with Crippen molar-refractivity contribution in [1.82, 2.24) is 10.9 Å². The molecule has 0 spiro atoms. The molecule has 0 atom stereocenters. The number of benzene rings is 2. The van der Waals surface area contributed by atoms with Crippen molar-refractivity contribution in [2.24, 2.45) is 0 Å². The monoisotopic (exact) mass is 304 g/mol. The molecule has 2 aromatic carbocycles. The van der Waals surface area contributed by atoms with E-state index in [-0.39, 0.29) is 6.61 Å². The number of hydrogen-bond acceptors (Lipinski definition) is 3. The molecule has 0 heterocycles. The zero-order valence-corrected chi connectivity index (χ0v) is 11.8. The maximum atomic E-state index is 11.8. The van der Waals surface area contributed by atoms with E-state index in [1.54, 1.807) is 42.5 Å². The first-order valence-electron chi connectivity index (χ1n) is 6.18. The average molecular weight is 305 g/mol. The first kappa shape index (κ1) is 14.9. The fourth-order valence-corrected chi connectivity index (χ4v) is 1.72. The van der Waals surface area contributed by atoms with Gasteiger partial charge in [0.15, 0.2) is 6.61 Å². The van der Waals surface area contributed by atoms with E-state index in [1.165, 1.54) is 6.07 Å². The normalized spacial score (nSPS) is 9.76. The summed E-state index contributed by atoms with van der Waals surface area (Å²) in [7, 11) is 0. The van der Waals surface area contributed by atoms with Crippen molar-refractivity contribution in [1.29, 1.82) is 0 Å². The van der Waals surface area contributed by atoms with Crippen LogP contribution in [0.2, 0.25) is 5.02 Å². The number of carbonyl (C=O) groups is 2. The molecule has 2 rings (SSSR count). The van der Waals surface area contributed by atoms with Crippen molar-refractivity contribution in [3.63, 3.8) is 0 Å². The van der Waals surface area contributed by atoms with Crippen molar-refractivity contribution in [2.75, 3.05) is 6.61 Å².